The van der Waals surface area contributed by atoms with Gasteiger partial charge in [0.25, 0.3) is 5.91 Å². The Bertz CT molecular complexity index is 732. The summed E-state index contributed by atoms with van der Waals surface area (Å²) in [5.41, 5.74) is 1.83. The quantitative estimate of drug-likeness (QED) is 0.902. The zero-order valence-corrected chi connectivity index (χ0v) is 15.0. The fourth-order valence-corrected chi connectivity index (χ4v) is 4.28. The molecule has 0 saturated carbocycles. The number of nitrogens with one attached hydrogen (secondary N) is 2. The first-order valence-electron chi connectivity index (χ1n) is 9.49. The molecule has 1 aromatic carbocycles. The van der Waals surface area contributed by atoms with E-state index in [0.717, 1.165) is 29.4 Å². The van der Waals surface area contributed by atoms with Crippen molar-refractivity contribution in [3.63, 3.8) is 0 Å². The van der Waals surface area contributed by atoms with Gasteiger partial charge in [0.15, 0.2) is 0 Å². The van der Waals surface area contributed by atoms with Crippen LogP contribution in [0.4, 0.5) is 0 Å². The van der Waals surface area contributed by atoms with Gasteiger partial charge in [-0.15, -0.1) is 0 Å². The maximum Gasteiger partial charge on any atom is 0.251 e. The lowest BCUT2D eigenvalue weighted by Gasteiger charge is -2.41. The second-order valence-electron chi connectivity index (χ2n) is 7.62. The SMILES string of the molecule is CN1CCC(N2CCCC(NC(=O)c3ccc4[nH]ccc4c3)C2)CC1. The molecule has 3 heterocycles. The maximum atomic E-state index is 12.7. The third-order valence-corrected chi connectivity index (χ3v) is 5.81. The van der Waals surface area contributed by atoms with Crippen molar-refractivity contribution in [2.75, 3.05) is 33.2 Å². The number of nitrogens with zero attached hydrogens (tertiary/aromatic N) is 2. The van der Waals surface area contributed by atoms with E-state index in [1.807, 2.05) is 30.5 Å². The highest BCUT2D eigenvalue weighted by Crippen LogP contribution is 2.21. The number of amides is 1. The van der Waals surface area contributed by atoms with Crippen LogP contribution in [-0.4, -0.2) is 66.0 Å². The van der Waals surface area contributed by atoms with Crippen LogP contribution in [0.5, 0.6) is 0 Å². The lowest BCUT2D eigenvalue weighted by atomic mass is 9.98. The Balaban J connectivity index is 1.37. The van der Waals surface area contributed by atoms with Crippen molar-refractivity contribution in [1.29, 1.82) is 0 Å². The van der Waals surface area contributed by atoms with Gasteiger partial charge >= 0.3 is 0 Å². The van der Waals surface area contributed by atoms with Crippen LogP contribution in [0, 0.1) is 0 Å². The summed E-state index contributed by atoms with van der Waals surface area (Å²) < 4.78 is 0. The molecule has 134 valence electrons. The molecular weight excluding hydrogens is 312 g/mol. The van der Waals surface area contributed by atoms with E-state index >= 15 is 0 Å². The Hall–Kier alpha value is -1.85. The minimum atomic E-state index is 0.0540. The molecule has 2 fully saturated rings. The topological polar surface area (TPSA) is 51.4 Å². The summed E-state index contributed by atoms with van der Waals surface area (Å²) in [6, 6.07) is 8.82. The van der Waals surface area contributed by atoms with E-state index in [-0.39, 0.29) is 11.9 Å². The van der Waals surface area contributed by atoms with Crippen molar-refractivity contribution >= 4 is 16.8 Å². The van der Waals surface area contributed by atoms with Crippen molar-refractivity contribution < 1.29 is 4.79 Å². The molecule has 2 aliphatic heterocycles. The smallest absolute Gasteiger partial charge is 0.251 e. The highest BCUT2D eigenvalue weighted by atomic mass is 16.1. The van der Waals surface area contributed by atoms with E-state index in [0.29, 0.717) is 6.04 Å². The van der Waals surface area contributed by atoms with E-state index in [1.165, 1.54) is 38.9 Å². The first-order valence-corrected chi connectivity index (χ1v) is 9.49. The number of hydrogen-bond acceptors (Lipinski definition) is 3. The number of hydrogen-bond donors (Lipinski definition) is 2. The molecule has 0 bridgehead atoms. The molecule has 2 N–H and O–H groups in total. The molecule has 0 aliphatic carbocycles. The maximum absolute atomic E-state index is 12.7. The lowest BCUT2D eigenvalue weighted by Crippen LogP contribution is -2.53. The summed E-state index contributed by atoms with van der Waals surface area (Å²) in [7, 11) is 2.21. The van der Waals surface area contributed by atoms with Crippen molar-refractivity contribution in [1.82, 2.24) is 20.1 Å². The Morgan fingerprint density at radius 2 is 2.00 bits per heavy atom. The second-order valence-corrected chi connectivity index (χ2v) is 7.62. The predicted octanol–water partition coefficient (Wildman–Crippen LogP) is 2.46. The lowest BCUT2D eigenvalue weighted by molar-refractivity contribution is 0.0766. The first-order chi connectivity index (χ1) is 12.2. The van der Waals surface area contributed by atoms with Crippen LogP contribution in [0.3, 0.4) is 0 Å². The van der Waals surface area contributed by atoms with E-state index in [4.69, 9.17) is 0 Å². The average molecular weight is 340 g/mol. The van der Waals surface area contributed by atoms with E-state index in [9.17, 15) is 4.79 Å². The van der Waals surface area contributed by atoms with Crippen molar-refractivity contribution in [2.24, 2.45) is 0 Å². The van der Waals surface area contributed by atoms with Gasteiger partial charge in [0.1, 0.15) is 0 Å². The molecule has 2 saturated heterocycles. The predicted molar refractivity (Wildman–Crippen MR) is 101 cm³/mol. The van der Waals surface area contributed by atoms with E-state index in [1.54, 1.807) is 0 Å². The van der Waals surface area contributed by atoms with Gasteiger partial charge in [-0.3, -0.25) is 9.69 Å². The van der Waals surface area contributed by atoms with Gasteiger partial charge in [-0.1, -0.05) is 0 Å². The largest absolute Gasteiger partial charge is 0.361 e. The van der Waals surface area contributed by atoms with Crippen LogP contribution < -0.4 is 5.32 Å². The minimum absolute atomic E-state index is 0.0540. The zero-order valence-electron chi connectivity index (χ0n) is 15.0. The van der Waals surface area contributed by atoms with E-state index < -0.39 is 0 Å². The summed E-state index contributed by atoms with van der Waals surface area (Å²) in [5, 5.41) is 4.36. The molecule has 2 aliphatic rings. The van der Waals surface area contributed by atoms with Gasteiger partial charge < -0.3 is 15.2 Å². The van der Waals surface area contributed by atoms with Gasteiger partial charge in [-0.05, 0) is 76.6 Å². The normalized spacial score (nSPS) is 23.8. The number of aromatic nitrogens is 1. The van der Waals surface area contributed by atoms with Gasteiger partial charge in [0.2, 0.25) is 0 Å². The molecule has 0 radical (unpaired) electrons. The molecule has 4 rings (SSSR count). The van der Waals surface area contributed by atoms with Gasteiger partial charge in [-0.25, -0.2) is 0 Å². The fraction of sp³-hybridized carbons (Fsp3) is 0.550. The van der Waals surface area contributed by atoms with Crippen LogP contribution in [-0.2, 0) is 0 Å². The van der Waals surface area contributed by atoms with Crippen LogP contribution >= 0.6 is 0 Å². The fourth-order valence-electron chi connectivity index (χ4n) is 4.28. The Morgan fingerprint density at radius 1 is 1.16 bits per heavy atom. The van der Waals surface area contributed by atoms with Crippen LogP contribution in [0.25, 0.3) is 10.9 Å². The van der Waals surface area contributed by atoms with Gasteiger partial charge in [0.05, 0.1) is 0 Å². The van der Waals surface area contributed by atoms with E-state index in [2.05, 4.69) is 27.1 Å². The molecule has 5 nitrogen and oxygen atoms in total. The van der Waals surface area contributed by atoms with Crippen molar-refractivity contribution in [3.8, 4) is 0 Å². The summed E-state index contributed by atoms with van der Waals surface area (Å²) in [4.78, 5) is 20.8. The standard InChI is InChI=1S/C20H28N4O/c1-23-11-7-18(8-12-23)24-10-2-3-17(14-24)22-20(25)16-4-5-19-15(13-16)6-9-21-19/h4-6,9,13,17-18,21H,2-3,7-8,10-12,14H2,1H3,(H,22,25). The minimum Gasteiger partial charge on any atom is -0.361 e. The molecule has 1 amide bonds. The van der Waals surface area contributed by atoms with Crippen LogP contribution in [0.15, 0.2) is 30.5 Å². The van der Waals surface area contributed by atoms with Crippen molar-refractivity contribution in [3.05, 3.63) is 36.0 Å². The number of piperidine rings is 2. The number of benzene rings is 1. The van der Waals surface area contributed by atoms with Crippen molar-refractivity contribution in [2.45, 2.75) is 37.8 Å². The Morgan fingerprint density at radius 3 is 2.84 bits per heavy atom. The third-order valence-electron chi connectivity index (χ3n) is 5.81. The molecule has 25 heavy (non-hydrogen) atoms. The summed E-state index contributed by atoms with van der Waals surface area (Å²) >= 11 is 0. The third kappa shape index (κ3) is 3.72. The molecule has 0 spiro atoms. The van der Waals surface area contributed by atoms with Gasteiger partial charge in [0, 0.05) is 41.3 Å². The molecule has 1 atom stereocenters. The molecule has 1 unspecified atom stereocenters. The first kappa shape index (κ1) is 16.6. The van der Waals surface area contributed by atoms with Crippen LogP contribution in [0.1, 0.15) is 36.0 Å². The highest BCUT2D eigenvalue weighted by Gasteiger charge is 2.28. The number of carbonyl (C=O) groups is 1. The molecule has 2 aromatic rings. The molecule has 1 aromatic heterocycles. The molecular formula is C20H28N4O. The number of H-pyrrole nitrogens is 1. The monoisotopic (exact) mass is 340 g/mol. The zero-order chi connectivity index (χ0) is 17.2. The number of aromatic amines is 1. The molecule has 5 heteroatoms. The Kier molecular flexibility index (Phi) is 4.77. The number of likely N-dealkylation sites (tertiary alicyclic amines) is 2. The number of fused-ring (bicyclic) bond motifs is 1. The number of rotatable bonds is 3. The summed E-state index contributed by atoms with van der Waals surface area (Å²) in [6.07, 6.45) is 6.67. The van der Waals surface area contributed by atoms with Gasteiger partial charge in [-0.2, -0.15) is 0 Å². The summed E-state index contributed by atoms with van der Waals surface area (Å²) in [6.45, 7) is 4.55. The number of carbonyl (C=O) groups excluding carboxylic acids is 1. The van der Waals surface area contributed by atoms with Crippen LogP contribution in [0.2, 0.25) is 0 Å². The summed E-state index contributed by atoms with van der Waals surface area (Å²) in [5.74, 6) is 0.0540. The Labute approximate surface area is 149 Å². The second kappa shape index (κ2) is 7.18. The average Bonchev–Trinajstić information content (AvgIpc) is 3.10. The highest BCUT2D eigenvalue weighted by molar-refractivity contribution is 5.98.